The molecule has 1 aromatic carbocycles. The lowest BCUT2D eigenvalue weighted by Crippen LogP contribution is -2.30. The molecule has 3 N–H and O–H groups in total. The number of rotatable bonds is 7. The number of benzene rings is 1. The highest BCUT2D eigenvalue weighted by molar-refractivity contribution is 7.89. The van der Waals surface area contributed by atoms with Crippen LogP contribution in [0.5, 0.6) is 0 Å². The number of hydrogen-bond acceptors (Lipinski definition) is 4. The molecular formula is C12H18N2O4S. The Bertz CT molecular complexity index is 542. The van der Waals surface area contributed by atoms with Gasteiger partial charge in [0, 0.05) is 0 Å². The molecule has 6 nitrogen and oxygen atoms in total. The maximum atomic E-state index is 11.8. The summed E-state index contributed by atoms with van der Waals surface area (Å²) in [5, 5.41) is 11.9. The first kappa shape index (κ1) is 15.5. The number of sulfonamides is 1. The quantitative estimate of drug-likeness (QED) is 0.701. The third-order valence-electron chi connectivity index (χ3n) is 2.65. The molecule has 0 aliphatic carbocycles. The van der Waals surface area contributed by atoms with Gasteiger partial charge in [0.25, 0.3) is 0 Å². The van der Waals surface area contributed by atoms with Crippen molar-refractivity contribution >= 4 is 21.7 Å². The van der Waals surface area contributed by atoms with Gasteiger partial charge < -0.3 is 10.4 Å². The molecule has 1 atom stereocenters. The van der Waals surface area contributed by atoms with E-state index in [2.05, 4.69) is 10.0 Å². The maximum absolute atomic E-state index is 11.8. The van der Waals surface area contributed by atoms with Crippen molar-refractivity contribution in [3.05, 3.63) is 24.3 Å². The number of carboxylic acids is 1. The molecule has 0 spiro atoms. The first-order valence-electron chi connectivity index (χ1n) is 5.94. The lowest BCUT2D eigenvalue weighted by molar-refractivity contribution is -0.138. The molecule has 0 aliphatic heterocycles. The van der Waals surface area contributed by atoms with Crippen LogP contribution in [0, 0.1) is 0 Å². The molecule has 0 bridgehead atoms. The minimum atomic E-state index is -3.62. The number of carboxylic acid groups (broad SMARTS) is 1. The van der Waals surface area contributed by atoms with E-state index in [0.29, 0.717) is 12.8 Å². The van der Waals surface area contributed by atoms with E-state index in [1.807, 2.05) is 6.92 Å². The monoisotopic (exact) mass is 286 g/mol. The topological polar surface area (TPSA) is 95.5 Å². The molecule has 0 saturated carbocycles. The lowest BCUT2D eigenvalue weighted by Gasteiger charge is -2.17. The summed E-state index contributed by atoms with van der Waals surface area (Å²) in [5.41, 5.74) is 0.290. The molecule has 0 heterocycles. The molecule has 0 aliphatic rings. The summed E-state index contributed by atoms with van der Waals surface area (Å²) in [6.45, 7) is 1.87. The Kier molecular flexibility index (Phi) is 5.31. The van der Waals surface area contributed by atoms with Crippen LogP contribution in [-0.4, -0.2) is 32.6 Å². The van der Waals surface area contributed by atoms with Crippen LogP contribution in [0.4, 0.5) is 5.69 Å². The molecule has 106 valence electrons. The highest BCUT2D eigenvalue weighted by atomic mass is 32.2. The van der Waals surface area contributed by atoms with E-state index in [4.69, 9.17) is 5.11 Å². The summed E-state index contributed by atoms with van der Waals surface area (Å²) in [5.74, 6) is -1.00. The largest absolute Gasteiger partial charge is 0.480 e. The average Bonchev–Trinajstić information content (AvgIpc) is 2.38. The number of aliphatic carboxylic acids is 1. The van der Waals surface area contributed by atoms with Crippen LogP contribution >= 0.6 is 0 Å². The van der Waals surface area contributed by atoms with Crippen molar-refractivity contribution in [1.29, 1.82) is 0 Å². The molecule has 0 saturated heterocycles. The zero-order valence-electron chi connectivity index (χ0n) is 10.9. The second-order valence-electron chi connectivity index (χ2n) is 4.03. The molecular weight excluding hydrogens is 268 g/mol. The van der Waals surface area contributed by atoms with Crippen LogP contribution in [-0.2, 0) is 14.8 Å². The number of nitrogens with one attached hydrogen (secondary N) is 2. The predicted octanol–water partition coefficient (Wildman–Crippen LogP) is 1.26. The van der Waals surface area contributed by atoms with Gasteiger partial charge >= 0.3 is 5.97 Å². The molecule has 1 unspecified atom stereocenters. The van der Waals surface area contributed by atoms with Crippen molar-refractivity contribution in [2.75, 3.05) is 12.4 Å². The van der Waals surface area contributed by atoms with Crippen LogP contribution in [0.2, 0.25) is 0 Å². The van der Waals surface area contributed by atoms with Crippen molar-refractivity contribution in [3.8, 4) is 0 Å². The zero-order valence-corrected chi connectivity index (χ0v) is 11.7. The van der Waals surface area contributed by atoms with Crippen LogP contribution in [0.3, 0.4) is 0 Å². The van der Waals surface area contributed by atoms with Gasteiger partial charge in [-0.1, -0.05) is 25.5 Å². The lowest BCUT2D eigenvalue weighted by atomic mass is 10.1. The van der Waals surface area contributed by atoms with Gasteiger partial charge in [0.15, 0.2) is 0 Å². The highest BCUT2D eigenvalue weighted by Gasteiger charge is 2.21. The summed E-state index contributed by atoms with van der Waals surface area (Å²) >= 11 is 0. The van der Waals surface area contributed by atoms with Crippen molar-refractivity contribution in [3.63, 3.8) is 0 Å². The summed E-state index contributed by atoms with van der Waals surface area (Å²) < 4.78 is 25.9. The Labute approximate surface area is 112 Å². The summed E-state index contributed by atoms with van der Waals surface area (Å²) in [7, 11) is -2.31. The Hall–Kier alpha value is -1.60. The van der Waals surface area contributed by atoms with Crippen LogP contribution in [0.25, 0.3) is 0 Å². The summed E-state index contributed by atoms with van der Waals surface area (Å²) in [6.07, 6.45) is 1.11. The second kappa shape index (κ2) is 6.53. The van der Waals surface area contributed by atoms with Crippen molar-refractivity contribution in [1.82, 2.24) is 4.72 Å². The number of carbonyl (C=O) groups is 1. The average molecular weight is 286 g/mol. The fourth-order valence-electron chi connectivity index (χ4n) is 1.66. The Balaban J connectivity index is 3.11. The van der Waals surface area contributed by atoms with E-state index in [-0.39, 0.29) is 10.6 Å². The van der Waals surface area contributed by atoms with Gasteiger partial charge in [-0.3, -0.25) is 0 Å². The third-order valence-corrected chi connectivity index (χ3v) is 4.12. The summed E-state index contributed by atoms with van der Waals surface area (Å²) in [6, 6.07) is 5.42. The van der Waals surface area contributed by atoms with Crippen molar-refractivity contribution in [2.45, 2.75) is 30.7 Å². The molecule has 0 fully saturated rings. The van der Waals surface area contributed by atoms with Crippen LogP contribution < -0.4 is 10.0 Å². The normalized spacial score (nSPS) is 12.9. The molecule has 0 amide bonds. The standard InChI is InChI=1S/C12H18N2O4S/c1-3-6-10(12(15)16)14-9-7-4-5-8-11(9)19(17,18)13-2/h4-5,7-8,10,13-14H,3,6H2,1-2H3,(H,15,16). The minimum absolute atomic E-state index is 0.0415. The number of hydrogen-bond donors (Lipinski definition) is 3. The molecule has 1 rings (SSSR count). The van der Waals surface area contributed by atoms with E-state index in [1.165, 1.54) is 13.1 Å². The molecule has 7 heteroatoms. The predicted molar refractivity (Wildman–Crippen MR) is 72.6 cm³/mol. The first-order valence-corrected chi connectivity index (χ1v) is 7.42. The fourth-order valence-corrected chi connectivity index (χ4v) is 2.56. The van der Waals surface area contributed by atoms with Gasteiger partial charge in [0.1, 0.15) is 10.9 Å². The molecule has 1 aromatic rings. The van der Waals surface area contributed by atoms with E-state index in [0.717, 1.165) is 0 Å². The Morgan fingerprint density at radius 1 is 1.37 bits per heavy atom. The van der Waals surface area contributed by atoms with Gasteiger partial charge in [-0.15, -0.1) is 0 Å². The molecule has 0 radical (unpaired) electrons. The van der Waals surface area contributed by atoms with Gasteiger partial charge in [-0.2, -0.15) is 0 Å². The van der Waals surface area contributed by atoms with Crippen LogP contribution in [0.1, 0.15) is 19.8 Å². The van der Waals surface area contributed by atoms with Gasteiger partial charge in [-0.05, 0) is 25.6 Å². The first-order chi connectivity index (χ1) is 8.92. The Morgan fingerprint density at radius 2 is 2.00 bits per heavy atom. The smallest absolute Gasteiger partial charge is 0.326 e. The third kappa shape index (κ3) is 3.93. The van der Waals surface area contributed by atoms with Gasteiger partial charge in [-0.25, -0.2) is 17.9 Å². The maximum Gasteiger partial charge on any atom is 0.326 e. The highest BCUT2D eigenvalue weighted by Crippen LogP contribution is 2.22. The fraction of sp³-hybridized carbons (Fsp3) is 0.417. The van der Waals surface area contributed by atoms with E-state index < -0.39 is 22.0 Å². The van der Waals surface area contributed by atoms with Crippen molar-refractivity contribution < 1.29 is 18.3 Å². The summed E-state index contributed by atoms with van der Waals surface area (Å²) in [4.78, 5) is 11.1. The molecule has 0 aromatic heterocycles. The zero-order chi connectivity index (χ0) is 14.5. The second-order valence-corrected chi connectivity index (χ2v) is 5.88. The van der Waals surface area contributed by atoms with E-state index in [1.54, 1.807) is 18.2 Å². The van der Waals surface area contributed by atoms with E-state index >= 15 is 0 Å². The minimum Gasteiger partial charge on any atom is -0.480 e. The van der Waals surface area contributed by atoms with Gasteiger partial charge in [0.05, 0.1) is 5.69 Å². The number of para-hydroxylation sites is 1. The molecule has 19 heavy (non-hydrogen) atoms. The van der Waals surface area contributed by atoms with Crippen molar-refractivity contribution in [2.24, 2.45) is 0 Å². The van der Waals surface area contributed by atoms with E-state index in [9.17, 15) is 13.2 Å². The van der Waals surface area contributed by atoms with Crippen LogP contribution in [0.15, 0.2) is 29.2 Å². The Morgan fingerprint density at radius 3 is 2.53 bits per heavy atom. The SMILES string of the molecule is CCCC(Nc1ccccc1S(=O)(=O)NC)C(=O)O. The van der Waals surface area contributed by atoms with Gasteiger partial charge in [0.2, 0.25) is 10.0 Å². The number of anilines is 1.